The topological polar surface area (TPSA) is 42.1 Å². The highest BCUT2D eigenvalue weighted by Gasteiger charge is 2.12. The summed E-state index contributed by atoms with van der Waals surface area (Å²) in [5, 5.41) is 0. The minimum atomic E-state index is -0.238. The molecule has 0 saturated heterocycles. The van der Waals surface area contributed by atoms with Crippen molar-refractivity contribution in [1.82, 2.24) is 4.98 Å². The summed E-state index contributed by atoms with van der Waals surface area (Å²) in [7, 11) is 1.95. The Labute approximate surface area is 112 Å². The molecule has 2 N–H and O–H groups in total. The summed E-state index contributed by atoms with van der Waals surface area (Å²) in [6, 6.07) is 8.41. The molecule has 0 radical (unpaired) electrons. The first-order chi connectivity index (χ1) is 9.02. The van der Waals surface area contributed by atoms with Gasteiger partial charge in [0.05, 0.1) is 0 Å². The number of nitrogens with two attached hydrogens (primary N) is 1. The Morgan fingerprint density at radius 1 is 1.21 bits per heavy atom. The predicted molar refractivity (Wildman–Crippen MR) is 76.1 cm³/mol. The maximum absolute atomic E-state index is 13.0. The van der Waals surface area contributed by atoms with E-state index in [0.717, 1.165) is 28.3 Å². The SMILES string of the molecule is Cc1cc(N(C)c2ccc(F)cc2)c(CN)c(C)n1. The van der Waals surface area contributed by atoms with E-state index in [4.69, 9.17) is 5.73 Å². The van der Waals surface area contributed by atoms with E-state index >= 15 is 0 Å². The van der Waals surface area contributed by atoms with E-state index in [2.05, 4.69) is 4.98 Å². The van der Waals surface area contributed by atoms with Gasteiger partial charge in [-0.2, -0.15) is 0 Å². The van der Waals surface area contributed by atoms with E-state index in [-0.39, 0.29) is 5.82 Å². The second kappa shape index (κ2) is 5.36. The number of aryl methyl sites for hydroxylation is 2. The van der Waals surface area contributed by atoms with Gasteiger partial charge in [-0.1, -0.05) is 0 Å². The molecule has 2 aromatic rings. The minimum Gasteiger partial charge on any atom is -0.344 e. The lowest BCUT2D eigenvalue weighted by atomic mass is 10.1. The van der Waals surface area contributed by atoms with Gasteiger partial charge in [-0.15, -0.1) is 0 Å². The smallest absolute Gasteiger partial charge is 0.123 e. The van der Waals surface area contributed by atoms with Gasteiger partial charge in [-0.05, 0) is 44.2 Å². The van der Waals surface area contributed by atoms with Gasteiger partial charge in [0.15, 0.2) is 0 Å². The molecule has 1 heterocycles. The summed E-state index contributed by atoms with van der Waals surface area (Å²) >= 11 is 0. The highest BCUT2D eigenvalue weighted by Crippen LogP contribution is 2.29. The van der Waals surface area contributed by atoms with Crippen molar-refractivity contribution in [2.45, 2.75) is 20.4 Å². The number of rotatable bonds is 3. The summed E-state index contributed by atoms with van der Waals surface area (Å²) < 4.78 is 13.0. The number of aromatic nitrogens is 1. The first kappa shape index (κ1) is 13.5. The fraction of sp³-hybridized carbons (Fsp3) is 0.267. The predicted octanol–water partition coefficient (Wildman–Crippen LogP) is 3.06. The normalized spacial score (nSPS) is 10.6. The first-order valence-electron chi connectivity index (χ1n) is 6.19. The van der Waals surface area contributed by atoms with Crippen molar-refractivity contribution in [3.8, 4) is 0 Å². The van der Waals surface area contributed by atoms with E-state index < -0.39 is 0 Å². The number of nitrogens with zero attached hydrogens (tertiary/aromatic N) is 2. The van der Waals surface area contributed by atoms with Crippen molar-refractivity contribution < 1.29 is 4.39 Å². The van der Waals surface area contributed by atoms with E-state index in [1.807, 2.05) is 31.9 Å². The number of hydrogen-bond donors (Lipinski definition) is 1. The molecule has 0 amide bonds. The number of hydrogen-bond acceptors (Lipinski definition) is 3. The summed E-state index contributed by atoms with van der Waals surface area (Å²) in [6.45, 7) is 4.34. The van der Waals surface area contributed by atoms with Gasteiger partial charge in [-0.3, -0.25) is 4.98 Å². The zero-order chi connectivity index (χ0) is 14.0. The quantitative estimate of drug-likeness (QED) is 0.921. The molecule has 2 rings (SSSR count). The highest BCUT2D eigenvalue weighted by atomic mass is 19.1. The van der Waals surface area contributed by atoms with Crippen LogP contribution in [0.3, 0.4) is 0 Å². The molecule has 1 aromatic carbocycles. The molecule has 0 aliphatic carbocycles. The molecule has 0 saturated carbocycles. The average molecular weight is 259 g/mol. The Kier molecular flexibility index (Phi) is 3.81. The Hall–Kier alpha value is -1.94. The van der Waals surface area contributed by atoms with Gasteiger partial charge in [0.25, 0.3) is 0 Å². The van der Waals surface area contributed by atoms with Gasteiger partial charge < -0.3 is 10.6 Å². The molecule has 0 aliphatic rings. The highest BCUT2D eigenvalue weighted by molar-refractivity contribution is 5.66. The summed E-state index contributed by atoms with van der Waals surface area (Å²) in [5.41, 5.74) is 10.6. The molecule has 0 atom stereocenters. The lowest BCUT2D eigenvalue weighted by Gasteiger charge is -2.23. The number of anilines is 2. The number of pyridine rings is 1. The summed E-state index contributed by atoms with van der Waals surface area (Å²) in [5.74, 6) is -0.238. The van der Waals surface area contributed by atoms with E-state index in [0.29, 0.717) is 6.54 Å². The van der Waals surface area contributed by atoms with Crippen molar-refractivity contribution in [3.63, 3.8) is 0 Å². The zero-order valence-corrected chi connectivity index (χ0v) is 11.4. The Morgan fingerprint density at radius 3 is 2.42 bits per heavy atom. The maximum atomic E-state index is 13.0. The second-order valence-corrected chi connectivity index (χ2v) is 4.59. The first-order valence-corrected chi connectivity index (χ1v) is 6.19. The van der Waals surface area contributed by atoms with Crippen LogP contribution in [0.5, 0.6) is 0 Å². The molecule has 0 aliphatic heterocycles. The zero-order valence-electron chi connectivity index (χ0n) is 11.4. The van der Waals surface area contributed by atoms with Crippen LogP contribution in [0.2, 0.25) is 0 Å². The molecule has 100 valence electrons. The van der Waals surface area contributed by atoms with Gasteiger partial charge >= 0.3 is 0 Å². The molecule has 0 unspecified atom stereocenters. The molecule has 0 spiro atoms. The second-order valence-electron chi connectivity index (χ2n) is 4.59. The number of benzene rings is 1. The molecular formula is C15H18FN3. The van der Waals surface area contributed by atoms with Gasteiger partial charge in [-0.25, -0.2) is 4.39 Å². The van der Waals surface area contributed by atoms with E-state index in [1.54, 1.807) is 12.1 Å². The van der Waals surface area contributed by atoms with Crippen molar-refractivity contribution in [3.05, 3.63) is 53.1 Å². The molecule has 19 heavy (non-hydrogen) atoms. The Balaban J connectivity index is 2.48. The standard InChI is InChI=1S/C15H18FN3/c1-10-8-15(14(9-17)11(2)18-10)19(3)13-6-4-12(16)5-7-13/h4-8H,9,17H2,1-3H3. The van der Waals surface area contributed by atoms with Crippen LogP contribution in [0.25, 0.3) is 0 Å². The Bertz CT molecular complexity index is 579. The molecule has 0 fully saturated rings. The monoisotopic (exact) mass is 259 g/mol. The molecule has 1 aromatic heterocycles. The fourth-order valence-electron chi connectivity index (χ4n) is 2.19. The van der Waals surface area contributed by atoms with E-state index in [1.165, 1.54) is 12.1 Å². The van der Waals surface area contributed by atoms with Gasteiger partial charge in [0.1, 0.15) is 5.82 Å². The van der Waals surface area contributed by atoms with Gasteiger partial charge in [0.2, 0.25) is 0 Å². The van der Waals surface area contributed by atoms with Crippen LogP contribution in [0.4, 0.5) is 15.8 Å². The average Bonchev–Trinajstić information content (AvgIpc) is 2.38. The number of halogens is 1. The lowest BCUT2D eigenvalue weighted by Crippen LogP contribution is -2.15. The van der Waals surface area contributed by atoms with Crippen molar-refractivity contribution in [2.75, 3.05) is 11.9 Å². The third-order valence-corrected chi connectivity index (χ3v) is 3.21. The summed E-state index contributed by atoms with van der Waals surface area (Å²) in [6.07, 6.45) is 0. The molecular weight excluding hydrogens is 241 g/mol. The van der Waals surface area contributed by atoms with Crippen molar-refractivity contribution in [2.24, 2.45) is 5.73 Å². The van der Waals surface area contributed by atoms with Crippen LogP contribution in [-0.4, -0.2) is 12.0 Å². The fourth-order valence-corrected chi connectivity index (χ4v) is 2.19. The third kappa shape index (κ3) is 2.74. The van der Waals surface area contributed by atoms with Crippen LogP contribution in [0.15, 0.2) is 30.3 Å². The van der Waals surface area contributed by atoms with Crippen molar-refractivity contribution >= 4 is 11.4 Å². The molecule has 4 heteroatoms. The van der Waals surface area contributed by atoms with Crippen LogP contribution in [0.1, 0.15) is 17.0 Å². The van der Waals surface area contributed by atoms with Crippen LogP contribution in [-0.2, 0) is 6.54 Å². The van der Waals surface area contributed by atoms with Crippen molar-refractivity contribution in [1.29, 1.82) is 0 Å². The van der Waals surface area contributed by atoms with E-state index in [9.17, 15) is 4.39 Å². The van der Waals surface area contributed by atoms with Crippen LogP contribution in [0, 0.1) is 19.7 Å². The lowest BCUT2D eigenvalue weighted by molar-refractivity contribution is 0.628. The maximum Gasteiger partial charge on any atom is 0.123 e. The van der Waals surface area contributed by atoms with Gasteiger partial charge in [0, 0.05) is 41.9 Å². The molecule has 3 nitrogen and oxygen atoms in total. The molecule has 0 bridgehead atoms. The summed E-state index contributed by atoms with van der Waals surface area (Å²) in [4.78, 5) is 6.43. The van der Waals surface area contributed by atoms with Crippen LogP contribution >= 0.6 is 0 Å². The van der Waals surface area contributed by atoms with Crippen LogP contribution < -0.4 is 10.6 Å². The minimum absolute atomic E-state index is 0.238. The Morgan fingerprint density at radius 2 is 1.84 bits per heavy atom. The largest absolute Gasteiger partial charge is 0.344 e. The third-order valence-electron chi connectivity index (χ3n) is 3.21.